The predicted molar refractivity (Wildman–Crippen MR) is 124 cm³/mol. The number of hydrogen-bond acceptors (Lipinski definition) is 10. The lowest BCUT2D eigenvalue weighted by Crippen LogP contribution is -2.60. The van der Waals surface area contributed by atoms with Crippen LogP contribution in [0.4, 0.5) is 5.69 Å². The summed E-state index contributed by atoms with van der Waals surface area (Å²) in [7, 11) is 0. The van der Waals surface area contributed by atoms with Crippen LogP contribution in [0.3, 0.4) is 0 Å². The molecule has 2 heterocycles. The number of ketones is 1. The summed E-state index contributed by atoms with van der Waals surface area (Å²) < 4.78 is 10.6. The maximum absolute atomic E-state index is 13.1. The second kappa shape index (κ2) is 10.4. The third-order valence-electron chi connectivity index (χ3n) is 6.57. The first-order chi connectivity index (χ1) is 16.3. The first kappa shape index (κ1) is 27.3. The Labute approximate surface area is 207 Å². The highest BCUT2D eigenvalue weighted by Gasteiger charge is 2.52. The van der Waals surface area contributed by atoms with Gasteiger partial charge in [0.05, 0.1) is 29.5 Å². The van der Waals surface area contributed by atoms with E-state index in [1.54, 1.807) is 20.8 Å². The van der Waals surface area contributed by atoms with Gasteiger partial charge in [-0.2, -0.15) is 0 Å². The van der Waals surface area contributed by atoms with Gasteiger partial charge >= 0.3 is 5.97 Å². The van der Waals surface area contributed by atoms with Gasteiger partial charge in [-0.25, -0.2) is 0 Å². The molecule has 0 saturated carbocycles. The molecule has 35 heavy (non-hydrogen) atoms. The molecule has 3 unspecified atom stereocenters. The van der Waals surface area contributed by atoms with Crippen molar-refractivity contribution < 1.29 is 44.3 Å². The van der Waals surface area contributed by atoms with Crippen molar-refractivity contribution in [2.45, 2.75) is 70.5 Å². The number of carbonyl (C=O) groups excluding carboxylic acids is 3. The molecular weight excluding hydrogens is 484 g/mol. The fourth-order valence-electron chi connectivity index (χ4n) is 4.40. The van der Waals surface area contributed by atoms with Gasteiger partial charge in [0, 0.05) is 10.7 Å². The first-order valence-corrected chi connectivity index (χ1v) is 11.6. The third kappa shape index (κ3) is 5.30. The van der Waals surface area contributed by atoms with Gasteiger partial charge in [-0.15, -0.1) is 0 Å². The molecule has 0 aromatic heterocycles. The maximum atomic E-state index is 13.1. The van der Waals surface area contributed by atoms with E-state index >= 15 is 0 Å². The fourth-order valence-corrected chi connectivity index (χ4v) is 4.57. The number of aliphatic hydroxyl groups excluding tert-OH is 4. The SMILES string of the molecule is CC(NC(=O)c1cc(Cl)ccc1N[C@@H]1O[C@H](CO)[C@@H](O)[C@H](O)[C@H]1O)C(=O)C(C)(C)C1OC(=O)C1C. The molecule has 11 nitrogen and oxygen atoms in total. The molecule has 12 heteroatoms. The molecule has 0 aliphatic carbocycles. The molecule has 2 aliphatic rings. The Hall–Kier alpha value is -2.28. The standard InChI is InChI=1S/C23H31ClN2O9/c1-9-19(35-22(9)33)23(3,4)18(31)10(2)25-20(32)12-7-11(24)5-6-13(12)26-21-17(30)16(29)15(28)14(8-27)34-21/h5-7,9-10,14-17,19,21,26-30H,8H2,1-4H3,(H,25,32)/t9?,10?,14-,15-,16+,17-,19?,21-/m1/s1. The number of amides is 1. The quantitative estimate of drug-likeness (QED) is 0.255. The van der Waals surface area contributed by atoms with Crippen LogP contribution in [0.5, 0.6) is 0 Å². The minimum atomic E-state index is -1.61. The number of carbonyl (C=O) groups is 3. The second-order valence-electron chi connectivity index (χ2n) is 9.51. The van der Waals surface area contributed by atoms with Crippen molar-refractivity contribution in [3.05, 3.63) is 28.8 Å². The largest absolute Gasteiger partial charge is 0.460 e. The van der Waals surface area contributed by atoms with Crippen LogP contribution >= 0.6 is 11.6 Å². The van der Waals surface area contributed by atoms with Crippen LogP contribution in [-0.2, 0) is 19.1 Å². The zero-order valence-corrected chi connectivity index (χ0v) is 20.5. The highest BCUT2D eigenvalue weighted by Crippen LogP contribution is 2.38. The molecule has 194 valence electrons. The van der Waals surface area contributed by atoms with Gasteiger partial charge in [0.2, 0.25) is 0 Å². The Bertz CT molecular complexity index is 986. The minimum absolute atomic E-state index is 0.0235. The number of aliphatic hydroxyl groups is 4. The van der Waals surface area contributed by atoms with Gasteiger partial charge in [-0.1, -0.05) is 11.6 Å². The van der Waals surface area contributed by atoms with Gasteiger partial charge < -0.3 is 40.5 Å². The summed E-state index contributed by atoms with van der Waals surface area (Å²) in [5.41, 5.74) is -0.849. The van der Waals surface area contributed by atoms with E-state index in [1.807, 2.05) is 0 Å². The summed E-state index contributed by atoms with van der Waals surface area (Å²) in [6, 6.07) is 3.34. The number of esters is 1. The number of ether oxygens (including phenoxy) is 2. The van der Waals surface area contributed by atoms with Gasteiger partial charge in [0.25, 0.3) is 5.91 Å². The molecule has 1 amide bonds. The zero-order chi connectivity index (χ0) is 26.2. The number of halogens is 1. The Balaban J connectivity index is 1.76. The number of cyclic esters (lactones) is 1. The van der Waals surface area contributed by atoms with Crippen LogP contribution in [0.25, 0.3) is 0 Å². The Kier molecular flexibility index (Phi) is 8.09. The molecule has 0 spiro atoms. The smallest absolute Gasteiger partial charge is 0.312 e. The van der Waals surface area contributed by atoms with E-state index in [4.69, 9.17) is 21.1 Å². The molecule has 0 bridgehead atoms. The number of hydrogen-bond donors (Lipinski definition) is 6. The molecule has 2 saturated heterocycles. The Morgan fingerprint density at radius 2 is 1.83 bits per heavy atom. The van der Waals surface area contributed by atoms with Gasteiger partial charge in [-0.05, 0) is 45.9 Å². The molecule has 1 aromatic carbocycles. The van der Waals surface area contributed by atoms with Gasteiger partial charge in [0.15, 0.2) is 12.0 Å². The van der Waals surface area contributed by atoms with Crippen molar-refractivity contribution in [3.63, 3.8) is 0 Å². The summed E-state index contributed by atoms with van der Waals surface area (Å²) in [6.07, 6.45) is -7.73. The molecule has 3 rings (SSSR count). The van der Waals surface area contributed by atoms with Crippen molar-refractivity contribution in [3.8, 4) is 0 Å². The first-order valence-electron chi connectivity index (χ1n) is 11.2. The topological polar surface area (TPSA) is 175 Å². The van der Waals surface area contributed by atoms with Crippen molar-refractivity contribution in [2.75, 3.05) is 11.9 Å². The van der Waals surface area contributed by atoms with Crippen molar-refractivity contribution in [2.24, 2.45) is 11.3 Å². The average molecular weight is 515 g/mol. The van der Waals surface area contributed by atoms with Crippen molar-refractivity contribution in [1.29, 1.82) is 0 Å². The summed E-state index contributed by atoms with van der Waals surface area (Å²) in [5.74, 6) is -1.80. The van der Waals surface area contributed by atoms with E-state index in [9.17, 15) is 34.8 Å². The lowest BCUT2D eigenvalue weighted by Gasteiger charge is -2.43. The Morgan fingerprint density at radius 1 is 1.17 bits per heavy atom. The molecule has 2 fully saturated rings. The zero-order valence-electron chi connectivity index (χ0n) is 19.8. The number of rotatable bonds is 8. The summed E-state index contributed by atoms with van der Waals surface area (Å²) in [6.45, 7) is 5.88. The normalized spacial score (nSPS) is 31.7. The lowest BCUT2D eigenvalue weighted by atomic mass is 9.72. The molecular formula is C23H31ClN2O9. The maximum Gasteiger partial charge on any atom is 0.312 e. The van der Waals surface area contributed by atoms with Crippen LogP contribution in [0, 0.1) is 11.3 Å². The minimum Gasteiger partial charge on any atom is -0.460 e. The highest BCUT2D eigenvalue weighted by molar-refractivity contribution is 6.31. The number of benzene rings is 1. The molecule has 8 atom stereocenters. The summed E-state index contributed by atoms with van der Waals surface area (Å²) in [5, 5.41) is 45.3. The Morgan fingerprint density at radius 3 is 2.40 bits per heavy atom. The fraction of sp³-hybridized carbons (Fsp3) is 0.609. The van der Waals surface area contributed by atoms with Crippen molar-refractivity contribution in [1.82, 2.24) is 5.32 Å². The third-order valence-corrected chi connectivity index (χ3v) is 6.81. The summed E-state index contributed by atoms with van der Waals surface area (Å²) >= 11 is 6.08. The van der Waals surface area contributed by atoms with Crippen LogP contribution in [-0.4, -0.2) is 87.5 Å². The van der Waals surface area contributed by atoms with Crippen molar-refractivity contribution >= 4 is 34.9 Å². The van der Waals surface area contributed by atoms with E-state index in [-0.39, 0.29) is 28.0 Å². The van der Waals surface area contributed by atoms with Crippen LogP contribution < -0.4 is 10.6 Å². The number of anilines is 1. The van der Waals surface area contributed by atoms with E-state index in [2.05, 4.69) is 10.6 Å². The molecule has 1 aromatic rings. The van der Waals surface area contributed by atoms with E-state index in [0.29, 0.717) is 0 Å². The molecule has 6 N–H and O–H groups in total. The van der Waals surface area contributed by atoms with E-state index in [0.717, 1.165) is 0 Å². The number of Topliss-reactive ketones (excluding diaryl/α,β-unsaturated/α-hetero) is 1. The van der Waals surface area contributed by atoms with Crippen LogP contribution in [0.1, 0.15) is 38.1 Å². The highest BCUT2D eigenvalue weighted by atomic mass is 35.5. The predicted octanol–water partition coefficient (Wildman–Crippen LogP) is -0.173. The molecule has 2 aliphatic heterocycles. The number of nitrogens with one attached hydrogen (secondary N) is 2. The van der Waals surface area contributed by atoms with E-state index < -0.39 is 66.6 Å². The summed E-state index contributed by atoms with van der Waals surface area (Å²) in [4.78, 5) is 37.7. The van der Waals surface area contributed by atoms with Gasteiger partial charge in [0.1, 0.15) is 30.5 Å². The van der Waals surface area contributed by atoms with Gasteiger partial charge in [-0.3, -0.25) is 14.4 Å². The molecule has 0 radical (unpaired) electrons. The lowest BCUT2D eigenvalue weighted by molar-refractivity contribution is -0.221. The second-order valence-corrected chi connectivity index (χ2v) is 9.95. The monoisotopic (exact) mass is 514 g/mol. The van der Waals surface area contributed by atoms with Crippen LogP contribution in [0.2, 0.25) is 5.02 Å². The van der Waals surface area contributed by atoms with E-state index in [1.165, 1.54) is 25.1 Å². The van der Waals surface area contributed by atoms with Crippen LogP contribution in [0.15, 0.2) is 18.2 Å². The average Bonchev–Trinajstić information content (AvgIpc) is 2.82.